The molecular formula is C21H33N3O3. The monoisotopic (exact) mass is 375 g/mol. The Labute approximate surface area is 162 Å². The number of benzene rings is 1. The fourth-order valence-electron chi connectivity index (χ4n) is 3.36. The van der Waals surface area contributed by atoms with Crippen LogP contribution in [0.2, 0.25) is 0 Å². The average molecular weight is 376 g/mol. The van der Waals surface area contributed by atoms with Crippen LogP contribution in [0.1, 0.15) is 45.6 Å². The fourth-order valence-corrected chi connectivity index (χ4v) is 3.36. The van der Waals surface area contributed by atoms with Crippen molar-refractivity contribution in [1.82, 2.24) is 15.5 Å². The summed E-state index contributed by atoms with van der Waals surface area (Å²) >= 11 is 0. The van der Waals surface area contributed by atoms with E-state index >= 15 is 0 Å². The van der Waals surface area contributed by atoms with Crippen molar-refractivity contribution in [1.29, 1.82) is 0 Å². The summed E-state index contributed by atoms with van der Waals surface area (Å²) in [4.78, 5) is 27.0. The molecule has 1 aromatic rings. The van der Waals surface area contributed by atoms with Gasteiger partial charge in [-0.25, -0.2) is 4.79 Å². The Morgan fingerprint density at radius 3 is 2.78 bits per heavy atom. The minimum Gasteiger partial charge on any atom is -0.497 e. The Morgan fingerprint density at radius 1 is 1.30 bits per heavy atom. The van der Waals surface area contributed by atoms with Crippen molar-refractivity contribution in [2.75, 3.05) is 26.7 Å². The van der Waals surface area contributed by atoms with E-state index in [0.29, 0.717) is 32.1 Å². The van der Waals surface area contributed by atoms with E-state index in [0.717, 1.165) is 30.6 Å². The smallest absolute Gasteiger partial charge is 0.317 e. The van der Waals surface area contributed by atoms with Gasteiger partial charge in [0.05, 0.1) is 12.5 Å². The number of rotatable bonds is 7. The molecule has 1 heterocycles. The van der Waals surface area contributed by atoms with E-state index in [1.807, 2.05) is 31.2 Å². The molecule has 1 aromatic carbocycles. The average Bonchev–Trinajstić information content (AvgIpc) is 2.65. The highest BCUT2D eigenvalue weighted by molar-refractivity contribution is 5.84. The molecule has 150 valence electrons. The maximum Gasteiger partial charge on any atom is 0.317 e. The lowest BCUT2D eigenvalue weighted by Crippen LogP contribution is -2.54. The van der Waals surface area contributed by atoms with Gasteiger partial charge >= 0.3 is 6.03 Å². The number of methoxy groups -OCH3 is 1. The molecule has 27 heavy (non-hydrogen) atoms. The molecule has 0 aromatic heterocycles. The van der Waals surface area contributed by atoms with E-state index in [9.17, 15) is 9.59 Å². The third kappa shape index (κ3) is 6.15. The number of urea groups is 1. The minimum atomic E-state index is -0.563. The molecule has 1 aliphatic rings. The summed E-state index contributed by atoms with van der Waals surface area (Å²) in [5.74, 6) is 1.32. The number of likely N-dealkylation sites (tertiary alicyclic amines) is 1. The standard InChI is InChI=1S/C21H33N3O3/c1-16(2)9-11-22-20(26)24-12-6-10-21(3,15-24)19(25)23-14-17-7-5-8-18(13-17)27-4/h5,7-8,13,16H,6,9-12,14-15H2,1-4H3,(H,22,26)(H,23,25). The number of carbonyl (C=O) groups is 2. The Morgan fingerprint density at radius 2 is 2.07 bits per heavy atom. The zero-order valence-corrected chi connectivity index (χ0v) is 17.0. The Balaban J connectivity index is 1.89. The second kappa shape index (κ2) is 9.62. The lowest BCUT2D eigenvalue weighted by Gasteiger charge is -2.39. The van der Waals surface area contributed by atoms with Crippen LogP contribution in [-0.2, 0) is 11.3 Å². The van der Waals surface area contributed by atoms with Gasteiger partial charge in [-0.1, -0.05) is 26.0 Å². The molecule has 1 aliphatic heterocycles. The molecule has 1 atom stereocenters. The van der Waals surface area contributed by atoms with Crippen LogP contribution >= 0.6 is 0 Å². The van der Waals surface area contributed by atoms with E-state index in [4.69, 9.17) is 4.74 Å². The van der Waals surface area contributed by atoms with Crippen molar-refractivity contribution in [3.8, 4) is 5.75 Å². The van der Waals surface area contributed by atoms with Crippen LogP contribution in [0.15, 0.2) is 24.3 Å². The first kappa shape index (κ1) is 21.1. The zero-order chi connectivity index (χ0) is 19.9. The Kier molecular flexibility index (Phi) is 7.51. The van der Waals surface area contributed by atoms with Crippen LogP contribution in [0.25, 0.3) is 0 Å². The third-order valence-corrected chi connectivity index (χ3v) is 5.12. The molecule has 1 saturated heterocycles. The number of ether oxygens (including phenoxy) is 1. The van der Waals surface area contributed by atoms with Crippen molar-refractivity contribution in [2.45, 2.75) is 46.6 Å². The van der Waals surface area contributed by atoms with Gasteiger partial charge in [0.25, 0.3) is 0 Å². The van der Waals surface area contributed by atoms with Gasteiger partial charge < -0.3 is 20.3 Å². The van der Waals surface area contributed by atoms with Crippen LogP contribution in [0.3, 0.4) is 0 Å². The highest BCUT2D eigenvalue weighted by Gasteiger charge is 2.39. The van der Waals surface area contributed by atoms with Crippen LogP contribution in [0, 0.1) is 11.3 Å². The van der Waals surface area contributed by atoms with Crippen molar-refractivity contribution in [3.63, 3.8) is 0 Å². The topological polar surface area (TPSA) is 70.7 Å². The number of carbonyl (C=O) groups excluding carboxylic acids is 2. The van der Waals surface area contributed by atoms with Crippen molar-refractivity contribution >= 4 is 11.9 Å². The second-order valence-corrected chi connectivity index (χ2v) is 8.03. The lowest BCUT2D eigenvalue weighted by molar-refractivity contribution is -0.132. The number of hydrogen-bond donors (Lipinski definition) is 2. The maximum absolute atomic E-state index is 12.8. The number of piperidine rings is 1. The molecule has 0 radical (unpaired) electrons. The van der Waals surface area contributed by atoms with Crippen LogP contribution < -0.4 is 15.4 Å². The van der Waals surface area contributed by atoms with Crippen molar-refractivity contribution in [3.05, 3.63) is 29.8 Å². The van der Waals surface area contributed by atoms with E-state index in [2.05, 4.69) is 24.5 Å². The van der Waals surface area contributed by atoms with Gasteiger partial charge in [0.1, 0.15) is 5.75 Å². The first-order valence-corrected chi connectivity index (χ1v) is 9.78. The highest BCUT2D eigenvalue weighted by atomic mass is 16.5. The summed E-state index contributed by atoms with van der Waals surface area (Å²) in [6.07, 6.45) is 2.57. The fraction of sp³-hybridized carbons (Fsp3) is 0.619. The normalized spacial score (nSPS) is 19.7. The molecule has 0 bridgehead atoms. The molecule has 0 saturated carbocycles. The lowest BCUT2D eigenvalue weighted by atomic mass is 9.81. The summed E-state index contributed by atoms with van der Waals surface area (Å²) in [6.45, 7) is 8.49. The Bertz CT molecular complexity index is 647. The third-order valence-electron chi connectivity index (χ3n) is 5.12. The van der Waals surface area contributed by atoms with Gasteiger partial charge in [-0.3, -0.25) is 4.79 Å². The summed E-state index contributed by atoms with van der Waals surface area (Å²) in [7, 11) is 1.63. The first-order valence-electron chi connectivity index (χ1n) is 9.78. The van der Waals surface area contributed by atoms with Crippen molar-refractivity contribution in [2.24, 2.45) is 11.3 Å². The number of amides is 3. The molecule has 1 fully saturated rings. The van der Waals surface area contributed by atoms with Crippen LogP contribution in [0.4, 0.5) is 4.79 Å². The van der Waals surface area contributed by atoms with E-state index in [1.165, 1.54) is 0 Å². The molecule has 1 unspecified atom stereocenters. The van der Waals surface area contributed by atoms with Crippen LogP contribution in [0.5, 0.6) is 5.75 Å². The molecule has 0 aliphatic carbocycles. The van der Waals surface area contributed by atoms with Gasteiger partial charge in [-0.2, -0.15) is 0 Å². The number of nitrogens with zero attached hydrogens (tertiary/aromatic N) is 1. The second-order valence-electron chi connectivity index (χ2n) is 8.03. The summed E-state index contributed by atoms with van der Waals surface area (Å²) < 4.78 is 5.22. The van der Waals surface area contributed by atoms with Crippen molar-refractivity contribution < 1.29 is 14.3 Å². The predicted octanol–water partition coefficient (Wildman–Crippen LogP) is 3.17. The van der Waals surface area contributed by atoms with Gasteiger partial charge in [0.2, 0.25) is 5.91 Å². The molecule has 3 amide bonds. The highest BCUT2D eigenvalue weighted by Crippen LogP contribution is 2.30. The molecular weight excluding hydrogens is 342 g/mol. The van der Waals surface area contributed by atoms with E-state index < -0.39 is 5.41 Å². The SMILES string of the molecule is COc1cccc(CNC(=O)C2(C)CCCN(C(=O)NCCC(C)C)C2)c1. The Hall–Kier alpha value is -2.24. The first-order chi connectivity index (χ1) is 12.8. The van der Waals surface area contributed by atoms with E-state index in [1.54, 1.807) is 12.0 Å². The molecule has 0 spiro atoms. The molecule has 2 rings (SSSR count). The van der Waals surface area contributed by atoms with Gasteiger partial charge in [0.15, 0.2) is 0 Å². The molecule has 2 N–H and O–H groups in total. The van der Waals surface area contributed by atoms with E-state index in [-0.39, 0.29) is 11.9 Å². The summed E-state index contributed by atoms with van der Waals surface area (Å²) in [6, 6.07) is 7.59. The minimum absolute atomic E-state index is 0.00926. The van der Waals surface area contributed by atoms with Gasteiger partial charge in [0, 0.05) is 26.2 Å². The van der Waals surface area contributed by atoms with Gasteiger partial charge in [-0.05, 0) is 49.8 Å². The predicted molar refractivity (Wildman–Crippen MR) is 107 cm³/mol. The summed E-state index contributed by atoms with van der Waals surface area (Å²) in [5.41, 5.74) is 0.428. The molecule has 6 nitrogen and oxygen atoms in total. The van der Waals surface area contributed by atoms with Crippen LogP contribution in [-0.4, -0.2) is 43.6 Å². The maximum atomic E-state index is 12.8. The molecule has 6 heteroatoms. The van der Waals surface area contributed by atoms with Gasteiger partial charge in [-0.15, -0.1) is 0 Å². The zero-order valence-electron chi connectivity index (χ0n) is 17.0. The number of hydrogen-bond acceptors (Lipinski definition) is 3. The quantitative estimate of drug-likeness (QED) is 0.769. The number of nitrogens with one attached hydrogen (secondary N) is 2. The largest absolute Gasteiger partial charge is 0.497 e. The summed E-state index contributed by atoms with van der Waals surface area (Å²) in [5, 5.41) is 6.00.